The van der Waals surface area contributed by atoms with Crippen molar-refractivity contribution in [2.24, 2.45) is 0 Å². The summed E-state index contributed by atoms with van der Waals surface area (Å²) >= 11 is 1.30. The summed E-state index contributed by atoms with van der Waals surface area (Å²) in [6, 6.07) is 9.64. The number of alkyl halides is 3. The van der Waals surface area contributed by atoms with Crippen molar-refractivity contribution in [3.63, 3.8) is 0 Å². The second-order valence-electron chi connectivity index (χ2n) is 4.59. The smallest absolute Gasteiger partial charge is 0.263 e. The highest BCUT2D eigenvalue weighted by Crippen LogP contribution is 2.31. The van der Waals surface area contributed by atoms with Gasteiger partial charge < -0.3 is 0 Å². The minimum Gasteiger partial charge on any atom is -0.263 e. The Balaban J connectivity index is 2.20. The highest BCUT2D eigenvalue weighted by atomic mass is 32.2. The number of halogens is 3. The van der Waals surface area contributed by atoms with Crippen LogP contribution >= 0.6 is 11.8 Å². The predicted octanol–water partition coefficient (Wildman–Crippen LogP) is 4.07. The third-order valence-electron chi connectivity index (χ3n) is 3.08. The van der Waals surface area contributed by atoms with Gasteiger partial charge in [0.1, 0.15) is 0 Å². The van der Waals surface area contributed by atoms with Gasteiger partial charge in [0.05, 0.1) is 5.69 Å². The zero-order chi connectivity index (χ0) is 16.4. The quantitative estimate of drug-likeness (QED) is 0.676. The maximum Gasteiger partial charge on any atom is 0.433 e. The molecule has 0 amide bonds. The van der Waals surface area contributed by atoms with Crippen molar-refractivity contribution in [2.75, 3.05) is 6.26 Å². The zero-order valence-corrected chi connectivity index (χ0v) is 12.8. The first-order valence-electron chi connectivity index (χ1n) is 6.58. The van der Waals surface area contributed by atoms with E-state index in [1.54, 1.807) is 36.6 Å². The van der Waals surface area contributed by atoms with Crippen LogP contribution in [0.3, 0.4) is 0 Å². The van der Waals surface area contributed by atoms with E-state index in [1.165, 1.54) is 28.7 Å². The van der Waals surface area contributed by atoms with Crippen LogP contribution in [-0.4, -0.2) is 25.8 Å². The molecule has 8 heteroatoms. The van der Waals surface area contributed by atoms with E-state index in [4.69, 9.17) is 0 Å². The number of hydrogen-bond acceptors (Lipinski definition) is 4. The van der Waals surface area contributed by atoms with Gasteiger partial charge in [0.15, 0.2) is 10.9 Å². The lowest BCUT2D eigenvalue weighted by Gasteiger charge is -2.12. The number of hydrogen-bond donors (Lipinski definition) is 0. The van der Waals surface area contributed by atoms with Crippen LogP contribution in [0, 0.1) is 0 Å². The largest absolute Gasteiger partial charge is 0.433 e. The minimum absolute atomic E-state index is 0.0551. The van der Waals surface area contributed by atoms with E-state index < -0.39 is 11.9 Å². The molecule has 0 spiro atoms. The zero-order valence-electron chi connectivity index (χ0n) is 11.9. The molecule has 0 aliphatic carbocycles. The van der Waals surface area contributed by atoms with Crippen LogP contribution in [0.1, 0.15) is 5.69 Å². The van der Waals surface area contributed by atoms with Crippen molar-refractivity contribution in [3.8, 4) is 17.2 Å². The summed E-state index contributed by atoms with van der Waals surface area (Å²) in [5.74, 6) is -0.0551. The summed E-state index contributed by atoms with van der Waals surface area (Å²) in [7, 11) is 0. The summed E-state index contributed by atoms with van der Waals surface area (Å²) in [4.78, 5) is 12.0. The third kappa shape index (κ3) is 3.21. The Hall–Kier alpha value is -2.35. The number of aromatic nitrogens is 4. The van der Waals surface area contributed by atoms with Gasteiger partial charge in [-0.15, -0.1) is 0 Å². The molecule has 0 atom stereocenters. The van der Waals surface area contributed by atoms with Gasteiger partial charge >= 0.3 is 6.18 Å². The standard InChI is InChI=1S/C15H11F3N4S/c1-23-14-19-7-8-22(14)13-20-11(10-5-3-2-4-6-10)9-12(21-13)15(16,17)18/h2-9H,1H3. The molecule has 0 aliphatic heterocycles. The molecule has 0 saturated heterocycles. The van der Waals surface area contributed by atoms with E-state index in [2.05, 4.69) is 15.0 Å². The molecule has 1 aromatic carbocycles. The van der Waals surface area contributed by atoms with Crippen LogP contribution < -0.4 is 0 Å². The molecule has 0 saturated carbocycles. The van der Waals surface area contributed by atoms with Gasteiger partial charge in [-0.2, -0.15) is 13.2 Å². The highest BCUT2D eigenvalue weighted by molar-refractivity contribution is 7.98. The Morgan fingerprint density at radius 2 is 1.83 bits per heavy atom. The molecule has 0 bridgehead atoms. The normalized spacial score (nSPS) is 11.7. The van der Waals surface area contributed by atoms with E-state index >= 15 is 0 Å². The van der Waals surface area contributed by atoms with Crippen LogP contribution in [-0.2, 0) is 6.18 Å². The van der Waals surface area contributed by atoms with Gasteiger partial charge in [-0.25, -0.2) is 15.0 Å². The van der Waals surface area contributed by atoms with Gasteiger partial charge in [-0.3, -0.25) is 4.57 Å². The Labute approximate surface area is 134 Å². The predicted molar refractivity (Wildman–Crippen MR) is 81.4 cm³/mol. The van der Waals surface area contributed by atoms with Gasteiger partial charge in [0, 0.05) is 18.0 Å². The van der Waals surface area contributed by atoms with Gasteiger partial charge in [-0.1, -0.05) is 42.1 Å². The second-order valence-corrected chi connectivity index (χ2v) is 5.36. The first-order chi connectivity index (χ1) is 11.0. The molecule has 2 aromatic heterocycles. The van der Waals surface area contributed by atoms with Crippen LogP contribution in [0.25, 0.3) is 17.2 Å². The molecule has 4 nitrogen and oxygen atoms in total. The summed E-state index contributed by atoms with van der Waals surface area (Å²) < 4.78 is 40.9. The first-order valence-corrected chi connectivity index (χ1v) is 7.81. The number of thioether (sulfide) groups is 1. The Kier molecular flexibility index (Phi) is 4.08. The SMILES string of the molecule is CSc1nccn1-c1nc(-c2ccccc2)cc(C(F)(F)F)n1. The van der Waals surface area contributed by atoms with E-state index in [9.17, 15) is 13.2 Å². The van der Waals surface area contributed by atoms with Gasteiger partial charge in [-0.05, 0) is 12.3 Å². The summed E-state index contributed by atoms with van der Waals surface area (Å²) in [5, 5.41) is 0.517. The Bertz CT molecular complexity index is 815. The topological polar surface area (TPSA) is 43.6 Å². The highest BCUT2D eigenvalue weighted by Gasteiger charge is 2.34. The maximum atomic E-state index is 13.2. The molecular formula is C15H11F3N4S. The van der Waals surface area contributed by atoms with Gasteiger partial charge in [0.2, 0.25) is 5.95 Å². The van der Waals surface area contributed by atoms with E-state index in [0.29, 0.717) is 10.7 Å². The average Bonchev–Trinajstić information content (AvgIpc) is 3.03. The van der Waals surface area contributed by atoms with Crippen molar-refractivity contribution in [1.29, 1.82) is 0 Å². The number of nitrogens with zero attached hydrogens (tertiary/aromatic N) is 4. The Morgan fingerprint density at radius 3 is 2.48 bits per heavy atom. The molecule has 0 aliphatic rings. The molecule has 0 fully saturated rings. The molecule has 0 N–H and O–H groups in total. The third-order valence-corrected chi connectivity index (χ3v) is 3.75. The van der Waals surface area contributed by atoms with Crippen molar-refractivity contribution in [3.05, 3.63) is 54.5 Å². The molecule has 3 rings (SSSR count). The minimum atomic E-state index is -4.55. The molecule has 23 heavy (non-hydrogen) atoms. The van der Waals surface area contributed by atoms with E-state index in [0.717, 1.165) is 6.07 Å². The van der Waals surface area contributed by atoms with E-state index in [1.807, 2.05) is 0 Å². The summed E-state index contributed by atoms with van der Waals surface area (Å²) in [5.41, 5.74) is -0.182. The lowest BCUT2D eigenvalue weighted by atomic mass is 10.1. The van der Waals surface area contributed by atoms with Crippen molar-refractivity contribution in [1.82, 2.24) is 19.5 Å². The molecule has 2 heterocycles. The molecule has 0 unspecified atom stereocenters. The molecule has 3 aromatic rings. The second kappa shape index (κ2) is 6.04. The number of imidazole rings is 1. The molecular weight excluding hydrogens is 325 g/mol. The summed E-state index contributed by atoms with van der Waals surface area (Å²) in [6.45, 7) is 0. The average molecular weight is 336 g/mol. The number of benzene rings is 1. The fourth-order valence-corrected chi connectivity index (χ4v) is 2.54. The van der Waals surface area contributed by atoms with Crippen LogP contribution in [0.2, 0.25) is 0 Å². The van der Waals surface area contributed by atoms with Crippen LogP contribution in [0.5, 0.6) is 0 Å². The molecule has 118 valence electrons. The lowest BCUT2D eigenvalue weighted by molar-refractivity contribution is -0.141. The molecule has 0 radical (unpaired) electrons. The van der Waals surface area contributed by atoms with Crippen LogP contribution in [0.4, 0.5) is 13.2 Å². The maximum absolute atomic E-state index is 13.2. The van der Waals surface area contributed by atoms with Crippen molar-refractivity contribution >= 4 is 11.8 Å². The fourth-order valence-electron chi connectivity index (χ4n) is 2.04. The van der Waals surface area contributed by atoms with Crippen molar-refractivity contribution in [2.45, 2.75) is 11.3 Å². The van der Waals surface area contributed by atoms with Crippen LogP contribution in [0.15, 0.2) is 53.9 Å². The summed E-state index contributed by atoms with van der Waals surface area (Å²) in [6.07, 6.45) is 0.264. The lowest BCUT2D eigenvalue weighted by Crippen LogP contribution is -2.13. The Morgan fingerprint density at radius 1 is 1.09 bits per heavy atom. The van der Waals surface area contributed by atoms with Crippen molar-refractivity contribution < 1.29 is 13.2 Å². The van der Waals surface area contributed by atoms with Gasteiger partial charge in [0.25, 0.3) is 0 Å². The number of rotatable bonds is 3. The first kappa shape index (κ1) is 15.5. The monoisotopic (exact) mass is 336 g/mol. The van der Waals surface area contributed by atoms with E-state index in [-0.39, 0.29) is 11.6 Å². The fraction of sp³-hybridized carbons (Fsp3) is 0.133.